The highest BCUT2D eigenvalue weighted by Gasteiger charge is 2.43. The van der Waals surface area contributed by atoms with Crippen molar-refractivity contribution in [3.63, 3.8) is 0 Å². The number of benzene rings is 2. The van der Waals surface area contributed by atoms with Crippen LogP contribution in [0.5, 0.6) is 17.2 Å². The number of carbonyl (C=O) groups is 2. The Morgan fingerprint density at radius 2 is 1.90 bits per heavy atom. The number of ether oxygens (including phenoxy) is 3. The van der Waals surface area contributed by atoms with Crippen LogP contribution in [0.1, 0.15) is 17.3 Å². The molecule has 0 aromatic heterocycles. The fourth-order valence-corrected chi connectivity index (χ4v) is 4.38. The molecule has 31 heavy (non-hydrogen) atoms. The summed E-state index contributed by atoms with van der Waals surface area (Å²) in [5, 5.41) is 4.98. The van der Waals surface area contributed by atoms with Gasteiger partial charge in [0.15, 0.2) is 23.6 Å². The summed E-state index contributed by atoms with van der Waals surface area (Å²) < 4.78 is 15.9. The van der Waals surface area contributed by atoms with E-state index in [2.05, 4.69) is 10.7 Å². The second-order valence-corrected chi connectivity index (χ2v) is 7.94. The fourth-order valence-electron chi connectivity index (χ4n) is 3.27. The lowest BCUT2D eigenvalue weighted by Crippen LogP contribution is -2.37. The van der Waals surface area contributed by atoms with E-state index in [-0.39, 0.29) is 24.2 Å². The molecule has 0 bridgehead atoms. The number of nitrogens with one attached hydrogen (secondary N) is 2. The van der Waals surface area contributed by atoms with E-state index in [9.17, 15) is 9.59 Å². The molecular formula is C21H22N4O5S. The van der Waals surface area contributed by atoms with E-state index in [0.29, 0.717) is 22.2 Å². The first-order valence-electron chi connectivity index (χ1n) is 9.45. The topological polar surface area (TPSA) is 115 Å². The predicted octanol–water partition coefficient (Wildman–Crippen LogP) is 1.57. The number of amides is 2. The van der Waals surface area contributed by atoms with E-state index in [1.54, 1.807) is 31.4 Å². The number of methoxy groups -OCH3 is 2. The third-order valence-corrected chi connectivity index (χ3v) is 5.90. The summed E-state index contributed by atoms with van der Waals surface area (Å²) in [4.78, 5) is 24.3. The van der Waals surface area contributed by atoms with Crippen molar-refractivity contribution in [2.75, 3.05) is 20.8 Å². The Bertz CT molecular complexity index is 1030. The smallest absolute Gasteiger partial charge is 0.276 e. The molecule has 2 aliphatic heterocycles. The number of nitrogens with zero attached hydrogens (tertiary/aromatic N) is 1. The average Bonchev–Trinajstić information content (AvgIpc) is 3.32. The van der Waals surface area contributed by atoms with Crippen LogP contribution in [0.3, 0.4) is 0 Å². The molecule has 0 radical (unpaired) electrons. The van der Waals surface area contributed by atoms with Crippen molar-refractivity contribution in [3.05, 3.63) is 58.5 Å². The number of hydrazine groups is 1. The van der Waals surface area contributed by atoms with Crippen LogP contribution < -0.4 is 30.7 Å². The van der Waals surface area contributed by atoms with Gasteiger partial charge in [-0.2, -0.15) is 0 Å². The maximum Gasteiger partial charge on any atom is 0.276 e. The van der Waals surface area contributed by atoms with Crippen molar-refractivity contribution in [3.8, 4) is 17.2 Å². The van der Waals surface area contributed by atoms with Gasteiger partial charge in [0.2, 0.25) is 0 Å². The van der Waals surface area contributed by atoms with E-state index in [1.165, 1.54) is 11.8 Å². The number of primary amides is 1. The Hall–Kier alpha value is -3.21. The van der Waals surface area contributed by atoms with Gasteiger partial charge in [0, 0.05) is 0 Å². The molecule has 0 spiro atoms. The van der Waals surface area contributed by atoms with Crippen LogP contribution in [-0.2, 0) is 9.59 Å². The highest BCUT2D eigenvalue weighted by atomic mass is 32.2. The van der Waals surface area contributed by atoms with Gasteiger partial charge in [-0.15, -0.1) is 0 Å². The van der Waals surface area contributed by atoms with E-state index >= 15 is 0 Å². The summed E-state index contributed by atoms with van der Waals surface area (Å²) in [7, 11) is 3.17. The number of fused-ring (bicyclic) bond motifs is 1. The molecular weight excluding hydrogens is 420 g/mol. The maximum absolute atomic E-state index is 12.8. The molecule has 0 aliphatic carbocycles. The molecule has 4 rings (SSSR count). The van der Waals surface area contributed by atoms with Crippen LogP contribution in [0.2, 0.25) is 0 Å². The molecule has 4 N–H and O–H groups in total. The van der Waals surface area contributed by atoms with Crippen molar-refractivity contribution in [1.82, 2.24) is 15.8 Å². The molecule has 2 aromatic rings. The summed E-state index contributed by atoms with van der Waals surface area (Å²) in [6.45, 7) is -0.177. The Balaban J connectivity index is 1.42. The van der Waals surface area contributed by atoms with Crippen molar-refractivity contribution < 1.29 is 23.8 Å². The van der Waals surface area contributed by atoms with Gasteiger partial charge in [-0.3, -0.25) is 14.9 Å². The molecule has 2 atom stereocenters. The monoisotopic (exact) mass is 442 g/mol. The Kier molecular flexibility index (Phi) is 6.03. The lowest BCUT2D eigenvalue weighted by atomic mass is 10.1. The van der Waals surface area contributed by atoms with Crippen molar-refractivity contribution in [1.29, 1.82) is 0 Å². The summed E-state index contributed by atoms with van der Waals surface area (Å²) >= 11 is 1.43. The van der Waals surface area contributed by atoms with Gasteiger partial charge in [-0.1, -0.05) is 30.0 Å². The Morgan fingerprint density at radius 3 is 2.55 bits per heavy atom. The van der Waals surface area contributed by atoms with Gasteiger partial charge >= 0.3 is 0 Å². The highest BCUT2D eigenvalue weighted by molar-refractivity contribution is 8.05. The Morgan fingerprint density at radius 1 is 1.16 bits per heavy atom. The van der Waals surface area contributed by atoms with Gasteiger partial charge in [0.25, 0.3) is 11.8 Å². The van der Waals surface area contributed by atoms with Crippen molar-refractivity contribution >= 4 is 29.7 Å². The zero-order valence-electron chi connectivity index (χ0n) is 17.0. The molecule has 9 nitrogen and oxygen atoms in total. The predicted molar refractivity (Wildman–Crippen MR) is 116 cm³/mol. The molecule has 2 heterocycles. The maximum atomic E-state index is 12.8. The second-order valence-electron chi connectivity index (χ2n) is 6.82. The van der Waals surface area contributed by atoms with Gasteiger partial charge in [0.1, 0.15) is 11.9 Å². The molecule has 2 amide bonds. The quantitative estimate of drug-likeness (QED) is 0.554. The second kappa shape index (κ2) is 8.88. The standard InChI is InChI=1S/C21H22N4O5S/c1-28-15-8-5-13(10-16(15)29-2)19-23-21-25(24-19)20(27)17(31-21)9-12-3-6-14(7-4-12)30-11-18(22)26/h3-10,19,21,23-24H,11H2,1-2H3,(H2,22,26)/b17-9-. The number of thioether (sulfide) groups is 1. The normalized spacial score (nSPS) is 21.3. The summed E-state index contributed by atoms with van der Waals surface area (Å²) in [6.07, 6.45) is 1.59. The van der Waals surface area contributed by atoms with Crippen LogP contribution in [0, 0.1) is 0 Å². The third kappa shape index (κ3) is 4.46. The minimum Gasteiger partial charge on any atom is -0.493 e. The largest absolute Gasteiger partial charge is 0.493 e. The van der Waals surface area contributed by atoms with Crippen LogP contribution >= 0.6 is 11.8 Å². The van der Waals surface area contributed by atoms with Crippen LogP contribution in [0.4, 0.5) is 0 Å². The molecule has 2 saturated heterocycles. The van der Waals surface area contributed by atoms with E-state index < -0.39 is 5.91 Å². The van der Waals surface area contributed by atoms with Gasteiger partial charge in [0.05, 0.1) is 19.1 Å². The van der Waals surface area contributed by atoms with Gasteiger partial charge in [-0.05, 0) is 41.5 Å². The third-order valence-electron chi connectivity index (χ3n) is 4.78. The number of carbonyl (C=O) groups excluding carboxylic acids is 2. The van der Waals surface area contributed by atoms with Crippen LogP contribution in [-0.4, -0.2) is 43.1 Å². The van der Waals surface area contributed by atoms with Crippen molar-refractivity contribution in [2.45, 2.75) is 11.7 Å². The van der Waals surface area contributed by atoms with Gasteiger partial charge in [-0.25, -0.2) is 10.4 Å². The first-order valence-corrected chi connectivity index (χ1v) is 10.3. The van der Waals surface area contributed by atoms with Crippen LogP contribution in [0.25, 0.3) is 6.08 Å². The number of nitrogens with two attached hydrogens (primary N) is 1. The summed E-state index contributed by atoms with van der Waals surface area (Å²) in [6, 6.07) is 12.7. The van der Waals surface area contributed by atoms with Gasteiger partial charge < -0.3 is 19.9 Å². The minimum absolute atomic E-state index is 0.112. The first kappa shape index (κ1) is 21.0. The van der Waals surface area contributed by atoms with E-state index in [4.69, 9.17) is 19.9 Å². The van der Waals surface area contributed by atoms with E-state index in [0.717, 1.165) is 11.1 Å². The molecule has 0 saturated carbocycles. The first-order chi connectivity index (χ1) is 15.0. The zero-order valence-corrected chi connectivity index (χ0v) is 17.8. The Labute approximate surface area is 183 Å². The molecule has 162 valence electrons. The van der Waals surface area contributed by atoms with E-state index in [1.807, 2.05) is 36.4 Å². The zero-order chi connectivity index (χ0) is 22.0. The molecule has 2 aromatic carbocycles. The highest BCUT2D eigenvalue weighted by Crippen LogP contribution is 2.39. The fraction of sp³-hybridized carbons (Fsp3) is 0.238. The summed E-state index contributed by atoms with van der Waals surface area (Å²) in [5.41, 5.74) is 9.83. The molecule has 10 heteroatoms. The lowest BCUT2D eigenvalue weighted by Gasteiger charge is -2.16. The SMILES string of the molecule is COc1ccc(C2NC3S/C(=C\c4ccc(OCC(N)=O)cc4)C(=O)N3N2)cc1OC. The number of rotatable bonds is 7. The number of hydrogen-bond acceptors (Lipinski definition) is 8. The minimum atomic E-state index is -0.536. The molecule has 2 unspecified atom stereocenters. The summed E-state index contributed by atoms with van der Waals surface area (Å²) in [5.74, 6) is 1.16. The molecule has 2 aliphatic rings. The van der Waals surface area contributed by atoms with Crippen molar-refractivity contribution in [2.24, 2.45) is 5.73 Å². The number of hydrogen-bond donors (Lipinski definition) is 3. The van der Waals surface area contributed by atoms with Crippen LogP contribution in [0.15, 0.2) is 47.4 Å². The lowest BCUT2D eigenvalue weighted by molar-refractivity contribution is -0.127. The average molecular weight is 442 g/mol. The molecule has 2 fully saturated rings.